The second-order valence-corrected chi connectivity index (χ2v) is 7.88. The van der Waals surface area contributed by atoms with Crippen molar-refractivity contribution < 1.29 is 13.9 Å². The summed E-state index contributed by atoms with van der Waals surface area (Å²) < 4.78 is 11.1. The highest BCUT2D eigenvalue weighted by Crippen LogP contribution is 2.17. The number of furan rings is 1. The number of nitrogens with one attached hydrogen (secondary N) is 2. The fourth-order valence-corrected chi connectivity index (χ4v) is 3.66. The van der Waals surface area contributed by atoms with Crippen LogP contribution in [-0.4, -0.2) is 56.1 Å². The predicted octanol–water partition coefficient (Wildman–Crippen LogP) is 3.83. The lowest BCUT2D eigenvalue weighted by molar-refractivity contribution is 0.0906. The number of aliphatic imine (C=N–C) groups is 1. The third-order valence-corrected chi connectivity index (χ3v) is 5.34. The van der Waals surface area contributed by atoms with E-state index in [0.29, 0.717) is 31.4 Å². The van der Waals surface area contributed by atoms with Crippen LogP contribution in [-0.2, 0) is 11.3 Å². The number of hydrogen-bond donors (Lipinski definition) is 2. The summed E-state index contributed by atoms with van der Waals surface area (Å²) in [4.78, 5) is 19.1. The van der Waals surface area contributed by atoms with E-state index >= 15 is 0 Å². The van der Waals surface area contributed by atoms with Crippen molar-refractivity contribution in [3.05, 3.63) is 59.5 Å². The van der Waals surface area contributed by atoms with Gasteiger partial charge in [-0.1, -0.05) is 30.3 Å². The lowest BCUT2D eigenvalue weighted by Gasteiger charge is -2.21. The van der Waals surface area contributed by atoms with Gasteiger partial charge >= 0.3 is 0 Å². The zero-order chi connectivity index (χ0) is 21.9. The summed E-state index contributed by atoms with van der Waals surface area (Å²) in [6.45, 7) is 9.37. The van der Waals surface area contributed by atoms with Crippen molar-refractivity contribution in [1.29, 1.82) is 0 Å². The zero-order valence-electron chi connectivity index (χ0n) is 19.0. The molecule has 1 saturated heterocycles. The molecule has 1 aliphatic rings. The molecule has 7 nitrogen and oxygen atoms in total. The Balaban J connectivity index is 0.00000363. The van der Waals surface area contributed by atoms with Crippen molar-refractivity contribution in [2.24, 2.45) is 10.9 Å². The lowest BCUT2D eigenvalue weighted by atomic mass is 10.1. The van der Waals surface area contributed by atoms with E-state index in [9.17, 15) is 4.79 Å². The summed E-state index contributed by atoms with van der Waals surface area (Å²) in [6.07, 6.45) is 3.42. The molecule has 1 aliphatic heterocycles. The van der Waals surface area contributed by atoms with E-state index in [2.05, 4.69) is 34.6 Å². The van der Waals surface area contributed by atoms with Gasteiger partial charge in [-0.05, 0) is 38.3 Å². The molecule has 1 fully saturated rings. The molecule has 0 bridgehead atoms. The molecule has 2 N–H and O–H groups in total. The fraction of sp³-hybridized carbons (Fsp3) is 0.500. The summed E-state index contributed by atoms with van der Waals surface area (Å²) in [5.41, 5.74) is 2.06. The van der Waals surface area contributed by atoms with Gasteiger partial charge < -0.3 is 24.7 Å². The highest BCUT2D eigenvalue weighted by atomic mass is 127. The third kappa shape index (κ3) is 8.12. The van der Waals surface area contributed by atoms with Crippen LogP contribution in [0.15, 0.2) is 52.1 Å². The molecular formula is C24H35IN4O3. The summed E-state index contributed by atoms with van der Waals surface area (Å²) in [6, 6.07) is 12.1. The van der Waals surface area contributed by atoms with Crippen LogP contribution >= 0.6 is 24.0 Å². The quantitative estimate of drug-likeness (QED) is 0.202. The second kappa shape index (κ2) is 14.2. The predicted molar refractivity (Wildman–Crippen MR) is 138 cm³/mol. The molecule has 2 heterocycles. The number of hydrogen-bond acceptors (Lipinski definition) is 4. The average molecular weight is 554 g/mol. The van der Waals surface area contributed by atoms with Crippen LogP contribution in [0.1, 0.15) is 41.4 Å². The smallest absolute Gasteiger partial charge is 0.287 e. The minimum Gasteiger partial charge on any atom is -0.459 e. The van der Waals surface area contributed by atoms with Gasteiger partial charge in [-0.3, -0.25) is 9.79 Å². The van der Waals surface area contributed by atoms with Crippen molar-refractivity contribution in [3.63, 3.8) is 0 Å². The second-order valence-electron chi connectivity index (χ2n) is 7.88. The minimum atomic E-state index is -0.170. The van der Waals surface area contributed by atoms with Crippen LogP contribution in [0.25, 0.3) is 0 Å². The van der Waals surface area contributed by atoms with Gasteiger partial charge in [-0.15, -0.1) is 24.0 Å². The van der Waals surface area contributed by atoms with Crippen molar-refractivity contribution in [2.75, 3.05) is 39.3 Å². The van der Waals surface area contributed by atoms with E-state index in [-0.39, 0.29) is 29.9 Å². The first-order chi connectivity index (χ1) is 15.2. The van der Waals surface area contributed by atoms with E-state index < -0.39 is 0 Å². The van der Waals surface area contributed by atoms with E-state index in [1.54, 1.807) is 6.07 Å². The Morgan fingerprint density at radius 2 is 2.06 bits per heavy atom. The SMILES string of the molecule is CCNC(=NCCCNC(=O)c1occc1C)N1CCC(COCc2ccccc2)C1.I. The first-order valence-electron chi connectivity index (χ1n) is 11.1. The summed E-state index contributed by atoms with van der Waals surface area (Å²) >= 11 is 0. The van der Waals surface area contributed by atoms with Crippen molar-refractivity contribution in [1.82, 2.24) is 15.5 Å². The fourth-order valence-electron chi connectivity index (χ4n) is 3.66. The largest absolute Gasteiger partial charge is 0.459 e. The Morgan fingerprint density at radius 3 is 2.78 bits per heavy atom. The molecule has 0 saturated carbocycles. The highest BCUT2D eigenvalue weighted by molar-refractivity contribution is 14.0. The zero-order valence-corrected chi connectivity index (χ0v) is 21.3. The monoisotopic (exact) mass is 554 g/mol. The number of carbonyl (C=O) groups is 1. The Labute approximate surface area is 208 Å². The molecule has 1 amide bonds. The minimum absolute atomic E-state index is 0. The molecule has 0 aliphatic carbocycles. The molecular weight excluding hydrogens is 519 g/mol. The Kier molecular flexibility index (Phi) is 11.6. The molecule has 0 radical (unpaired) electrons. The van der Waals surface area contributed by atoms with Crippen LogP contribution in [0, 0.1) is 12.8 Å². The molecule has 1 unspecified atom stereocenters. The van der Waals surface area contributed by atoms with Crippen molar-refractivity contribution >= 4 is 35.8 Å². The molecule has 32 heavy (non-hydrogen) atoms. The van der Waals surface area contributed by atoms with Crippen LogP contribution < -0.4 is 10.6 Å². The number of halogens is 1. The number of likely N-dealkylation sites (tertiary alicyclic amines) is 1. The van der Waals surface area contributed by atoms with Crippen molar-refractivity contribution in [2.45, 2.75) is 33.3 Å². The molecule has 2 aromatic rings. The van der Waals surface area contributed by atoms with Crippen LogP contribution in [0.3, 0.4) is 0 Å². The summed E-state index contributed by atoms with van der Waals surface area (Å²) in [7, 11) is 0. The number of ether oxygens (including phenoxy) is 1. The number of benzene rings is 1. The van der Waals surface area contributed by atoms with Gasteiger partial charge in [0.05, 0.1) is 19.5 Å². The molecule has 1 atom stereocenters. The number of aryl methyl sites for hydroxylation is 1. The lowest BCUT2D eigenvalue weighted by Crippen LogP contribution is -2.40. The maximum atomic E-state index is 12.1. The van der Waals surface area contributed by atoms with E-state index in [4.69, 9.17) is 14.1 Å². The maximum Gasteiger partial charge on any atom is 0.287 e. The van der Waals surface area contributed by atoms with E-state index in [0.717, 1.165) is 50.6 Å². The van der Waals surface area contributed by atoms with Gasteiger partial charge in [0, 0.05) is 44.2 Å². The molecule has 1 aromatic carbocycles. The van der Waals surface area contributed by atoms with E-state index in [1.807, 2.05) is 25.1 Å². The van der Waals surface area contributed by atoms with Gasteiger partial charge in [0.15, 0.2) is 11.7 Å². The van der Waals surface area contributed by atoms with E-state index in [1.165, 1.54) is 11.8 Å². The summed E-state index contributed by atoms with van der Waals surface area (Å²) in [5.74, 6) is 1.68. The number of nitrogens with zero attached hydrogens (tertiary/aromatic N) is 2. The van der Waals surface area contributed by atoms with Gasteiger partial charge in [-0.25, -0.2) is 0 Å². The standard InChI is InChI=1S/C24H34N4O3.HI/c1-3-25-24(27-13-7-12-26-23(29)22-19(2)11-15-31-22)28-14-10-21(16-28)18-30-17-20-8-5-4-6-9-20;/h4-6,8-9,11,15,21H,3,7,10,12-14,16-18H2,1-2H3,(H,25,27)(H,26,29);1H. The first kappa shape index (κ1) is 26.2. The average Bonchev–Trinajstić information content (AvgIpc) is 3.42. The van der Waals surface area contributed by atoms with Gasteiger partial charge in [-0.2, -0.15) is 0 Å². The number of guanidine groups is 1. The molecule has 0 spiro atoms. The maximum absolute atomic E-state index is 12.1. The van der Waals surface area contributed by atoms with Gasteiger partial charge in [0.2, 0.25) is 0 Å². The Hall–Kier alpha value is -2.07. The number of carbonyl (C=O) groups excluding carboxylic acids is 1. The normalized spacial score (nSPS) is 16.0. The molecule has 176 valence electrons. The molecule has 8 heteroatoms. The van der Waals surface area contributed by atoms with Crippen LogP contribution in [0.2, 0.25) is 0 Å². The first-order valence-corrected chi connectivity index (χ1v) is 11.1. The van der Waals surface area contributed by atoms with Gasteiger partial charge in [0.1, 0.15) is 0 Å². The third-order valence-electron chi connectivity index (χ3n) is 5.34. The number of amides is 1. The van der Waals surface area contributed by atoms with Gasteiger partial charge in [0.25, 0.3) is 5.91 Å². The Morgan fingerprint density at radius 1 is 1.25 bits per heavy atom. The van der Waals surface area contributed by atoms with Crippen molar-refractivity contribution in [3.8, 4) is 0 Å². The molecule has 3 rings (SSSR count). The Bertz CT molecular complexity index is 841. The van der Waals surface area contributed by atoms with Crippen LogP contribution in [0.4, 0.5) is 0 Å². The summed E-state index contributed by atoms with van der Waals surface area (Å²) in [5, 5.41) is 6.28. The topological polar surface area (TPSA) is 79.1 Å². The number of rotatable bonds is 10. The van der Waals surface area contributed by atoms with Crippen LogP contribution in [0.5, 0.6) is 0 Å². The molecule has 1 aromatic heterocycles. The highest BCUT2D eigenvalue weighted by Gasteiger charge is 2.25.